The first-order valence-corrected chi connectivity index (χ1v) is 14.8. The predicted octanol–water partition coefficient (Wildman–Crippen LogP) is 5.61. The lowest BCUT2D eigenvalue weighted by Crippen LogP contribution is -2.50. The van der Waals surface area contributed by atoms with Crippen LogP contribution in [0.3, 0.4) is 0 Å². The Morgan fingerprint density at radius 3 is 2.43 bits per heavy atom. The maximum atomic E-state index is 13.8. The average Bonchev–Trinajstić information content (AvgIpc) is 2.94. The first kappa shape index (κ1) is 31.3. The number of fused-ring (bicyclic) bond motifs is 1. The average molecular weight is 606 g/mol. The number of nitrogens with one attached hydrogen (secondary N) is 1. The highest BCUT2D eigenvalue weighted by atomic mass is 32.2. The summed E-state index contributed by atoms with van der Waals surface area (Å²) >= 11 is 0. The number of aliphatic hydroxyl groups is 1. The number of urea groups is 1. The number of hydrogen-bond acceptors (Lipinski definition) is 5. The largest absolute Gasteiger partial charge is 0.487 e. The number of rotatable bonds is 6. The molecular weight excluding hydrogens is 571 g/mol. The van der Waals surface area contributed by atoms with Crippen molar-refractivity contribution in [2.75, 3.05) is 32.1 Å². The van der Waals surface area contributed by atoms with E-state index in [-0.39, 0.29) is 36.0 Å². The van der Waals surface area contributed by atoms with Crippen molar-refractivity contribution in [1.29, 1.82) is 0 Å². The molecule has 2 N–H and O–H groups in total. The molecule has 42 heavy (non-hydrogen) atoms. The van der Waals surface area contributed by atoms with E-state index < -0.39 is 45.9 Å². The van der Waals surface area contributed by atoms with Crippen LogP contribution in [-0.2, 0) is 16.2 Å². The van der Waals surface area contributed by atoms with Gasteiger partial charge in [0.2, 0.25) is 10.0 Å². The van der Waals surface area contributed by atoms with E-state index in [1.165, 1.54) is 34.5 Å². The van der Waals surface area contributed by atoms with Crippen molar-refractivity contribution >= 4 is 21.7 Å². The van der Waals surface area contributed by atoms with E-state index in [0.29, 0.717) is 0 Å². The lowest BCUT2D eigenvalue weighted by molar-refractivity contribution is -0.137. The summed E-state index contributed by atoms with van der Waals surface area (Å²) in [5.74, 6) is -0.288. The Morgan fingerprint density at radius 1 is 1.14 bits per heavy atom. The van der Waals surface area contributed by atoms with Crippen LogP contribution in [0.5, 0.6) is 5.75 Å². The van der Waals surface area contributed by atoms with Gasteiger partial charge in [-0.05, 0) is 66.9 Å². The molecule has 0 bridgehead atoms. The Morgan fingerprint density at radius 2 is 1.81 bits per heavy atom. The van der Waals surface area contributed by atoms with E-state index in [1.54, 1.807) is 26.0 Å². The molecule has 12 heteroatoms. The molecule has 0 fully saturated rings. The summed E-state index contributed by atoms with van der Waals surface area (Å²) < 4.78 is 73.8. The Balaban J connectivity index is 1.65. The maximum absolute atomic E-state index is 13.8. The fourth-order valence-corrected chi connectivity index (χ4v) is 6.65. The Labute approximate surface area is 243 Å². The Bertz CT molecular complexity index is 1530. The van der Waals surface area contributed by atoms with Gasteiger partial charge in [0.15, 0.2) is 0 Å². The number of aliphatic hydroxyl groups excluding tert-OH is 1. The van der Waals surface area contributed by atoms with E-state index in [0.717, 1.165) is 28.8 Å². The van der Waals surface area contributed by atoms with Gasteiger partial charge in [-0.15, -0.1) is 0 Å². The molecule has 0 saturated heterocycles. The van der Waals surface area contributed by atoms with Gasteiger partial charge in [-0.1, -0.05) is 37.3 Å². The van der Waals surface area contributed by atoms with Gasteiger partial charge in [0.05, 0.1) is 18.7 Å². The highest BCUT2D eigenvalue weighted by Gasteiger charge is 2.38. The molecule has 0 spiro atoms. The Hall–Kier alpha value is -3.61. The summed E-state index contributed by atoms with van der Waals surface area (Å²) in [6.07, 6.45) is -5.15. The molecule has 1 aliphatic heterocycles. The van der Waals surface area contributed by atoms with Crippen LogP contribution in [0, 0.1) is 12.8 Å². The number of likely N-dealkylation sites (N-methyl/N-ethyl adjacent to an activating group) is 1. The second kappa shape index (κ2) is 12.3. The molecule has 8 nitrogen and oxygen atoms in total. The summed E-state index contributed by atoms with van der Waals surface area (Å²) in [6.45, 7) is 5.06. The monoisotopic (exact) mass is 605 g/mol. The SMILES string of the molecule is Cc1ccccc1-c1ccc2c(c1)O[C@@H](CN(C)C(=O)Nc1ccc(C(F)(F)F)cc1)[C@@H](C)CN([C@@H](C)CO)S2(=O)=O. The number of amides is 2. The number of carbonyl (C=O) groups is 1. The maximum Gasteiger partial charge on any atom is 0.416 e. The van der Waals surface area contributed by atoms with E-state index >= 15 is 0 Å². The zero-order chi connectivity index (χ0) is 30.8. The van der Waals surface area contributed by atoms with E-state index in [2.05, 4.69) is 5.32 Å². The number of alkyl halides is 3. The number of nitrogens with zero attached hydrogens (tertiary/aromatic N) is 2. The molecule has 3 aromatic carbocycles. The fraction of sp³-hybridized carbons (Fsp3) is 0.367. The number of ether oxygens (including phenoxy) is 1. The topological polar surface area (TPSA) is 99.2 Å². The summed E-state index contributed by atoms with van der Waals surface area (Å²) in [7, 11) is -2.53. The molecule has 0 saturated carbocycles. The molecule has 1 aliphatic rings. The summed E-state index contributed by atoms with van der Waals surface area (Å²) in [6, 6.07) is 15.4. The minimum absolute atomic E-state index is 0.0298. The van der Waals surface area contributed by atoms with Crippen molar-refractivity contribution in [3.8, 4) is 16.9 Å². The van der Waals surface area contributed by atoms with Gasteiger partial charge < -0.3 is 20.1 Å². The van der Waals surface area contributed by atoms with Gasteiger partial charge in [-0.25, -0.2) is 13.2 Å². The zero-order valence-corrected chi connectivity index (χ0v) is 24.5. The summed E-state index contributed by atoms with van der Waals surface area (Å²) in [4.78, 5) is 14.3. The van der Waals surface area contributed by atoms with Crippen molar-refractivity contribution in [3.05, 3.63) is 77.9 Å². The molecule has 0 unspecified atom stereocenters. The van der Waals surface area contributed by atoms with Crippen LogP contribution in [0.1, 0.15) is 25.0 Å². The lowest BCUT2D eigenvalue weighted by atomic mass is 10.00. The smallest absolute Gasteiger partial charge is 0.416 e. The zero-order valence-electron chi connectivity index (χ0n) is 23.7. The van der Waals surface area contributed by atoms with Gasteiger partial charge in [0.1, 0.15) is 16.7 Å². The molecule has 4 rings (SSSR count). The summed E-state index contributed by atoms with van der Waals surface area (Å²) in [5.41, 5.74) is 2.01. The third kappa shape index (κ3) is 6.71. The first-order chi connectivity index (χ1) is 19.7. The number of hydrogen-bond donors (Lipinski definition) is 2. The van der Waals surface area contributed by atoms with Gasteiger partial charge >= 0.3 is 12.2 Å². The molecule has 226 valence electrons. The number of anilines is 1. The molecule has 2 amide bonds. The molecular formula is C30H34F3N3O5S. The third-order valence-corrected chi connectivity index (χ3v) is 9.41. The standard InChI is InChI=1S/C30H34F3N3O5S/c1-19-7-5-6-8-25(19)22-9-14-28-26(15-22)41-27(20(2)16-36(21(3)18-37)42(28,39)40)17-35(4)29(38)34-24-12-10-23(11-13-24)30(31,32)33/h5-15,20-21,27,37H,16-18H2,1-4H3,(H,34,38)/t20-,21-,27-/m0/s1. The molecule has 3 aromatic rings. The minimum atomic E-state index is -4.49. The number of sulfonamides is 1. The quantitative estimate of drug-likeness (QED) is 0.381. The van der Waals surface area contributed by atoms with E-state index in [1.807, 2.05) is 31.2 Å². The molecule has 0 aliphatic carbocycles. The van der Waals surface area contributed by atoms with Crippen molar-refractivity contribution in [2.24, 2.45) is 5.92 Å². The van der Waals surface area contributed by atoms with Crippen LogP contribution in [0.25, 0.3) is 11.1 Å². The number of benzene rings is 3. The van der Waals surface area contributed by atoms with Crippen LogP contribution >= 0.6 is 0 Å². The fourth-order valence-electron chi connectivity index (χ4n) is 4.82. The normalized spacial score (nSPS) is 19.5. The Kier molecular flexibility index (Phi) is 9.19. The predicted molar refractivity (Wildman–Crippen MR) is 154 cm³/mol. The molecule has 3 atom stereocenters. The third-order valence-electron chi connectivity index (χ3n) is 7.39. The molecule has 0 radical (unpaired) electrons. The van der Waals surface area contributed by atoms with E-state index in [4.69, 9.17) is 4.74 Å². The first-order valence-electron chi connectivity index (χ1n) is 13.4. The number of halogens is 3. The van der Waals surface area contributed by atoms with Crippen LogP contribution < -0.4 is 10.1 Å². The second-order valence-corrected chi connectivity index (χ2v) is 12.5. The number of aryl methyl sites for hydroxylation is 1. The van der Waals surface area contributed by atoms with Crippen molar-refractivity contribution < 1.29 is 36.2 Å². The molecule has 1 heterocycles. The number of carbonyl (C=O) groups excluding carboxylic acids is 1. The van der Waals surface area contributed by atoms with Crippen molar-refractivity contribution in [3.63, 3.8) is 0 Å². The molecule has 0 aromatic heterocycles. The van der Waals surface area contributed by atoms with Gasteiger partial charge in [0, 0.05) is 31.2 Å². The second-order valence-electron chi connectivity index (χ2n) is 10.6. The highest BCUT2D eigenvalue weighted by molar-refractivity contribution is 7.89. The van der Waals surface area contributed by atoms with Crippen LogP contribution in [-0.4, -0.2) is 67.7 Å². The lowest BCUT2D eigenvalue weighted by Gasteiger charge is -2.37. The van der Waals surface area contributed by atoms with Crippen LogP contribution in [0.4, 0.5) is 23.7 Å². The van der Waals surface area contributed by atoms with Crippen LogP contribution in [0.15, 0.2) is 71.6 Å². The van der Waals surface area contributed by atoms with Gasteiger partial charge in [-0.2, -0.15) is 17.5 Å². The highest BCUT2D eigenvalue weighted by Crippen LogP contribution is 2.37. The van der Waals surface area contributed by atoms with E-state index in [9.17, 15) is 31.5 Å². The minimum Gasteiger partial charge on any atom is -0.487 e. The van der Waals surface area contributed by atoms with Crippen LogP contribution in [0.2, 0.25) is 0 Å². The van der Waals surface area contributed by atoms with Crippen molar-refractivity contribution in [1.82, 2.24) is 9.21 Å². The van der Waals surface area contributed by atoms with Gasteiger partial charge in [-0.3, -0.25) is 0 Å². The van der Waals surface area contributed by atoms with Crippen molar-refractivity contribution in [2.45, 2.75) is 44.0 Å². The van der Waals surface area contributed by atoms with Gasteiger partial charge in [0.25, 0.3) is 0 Å². The summed E-state index contributed by atoms with van der Waals surface area (Å²) in [5, 5.41) is 12.4.